The number of rotatable bonds is 9. The predicted molar refractivity (Wildman–Crippen MR) is 152 cm³/mol. The maximum absolute atomic E-state index is 15.0. The molecule has 1 unspecified atom stereocenters. The van der Waals surface area contributed by atoms with Gasteiger partial charge in [0.2, 0.25) is 5.95 Å². The van der Waals surface area contributed by atoms with Crippen molar-refractivity contribution in [2.24, 2.45) is 10.9 Å². The van der Waals surface area contributed by atoms with Crippen molar-refractivity contribution in [3.05, 3.63) is 59.3 Å². The number of imidazole rings is 1. The Morgan fingerprint density at radius 1 is 1.21 bits per heavy atom. The van der Waals surface area contributed by atoms with Crippen molar-refractivity contribution in [1.29, 1.82) is 0 Å². The molecule has 0 aliphatic carbocycles. The third-order valence-corrected chi connectivity index (χ3v) is 7.37. The first-order chi connectivity index (χ1) is 18.6. The smallest absolute Gasteiger partial charge is 0.229 e. The summed E-state index contributed by atoms with van der Waals surface area (Å²) >= 11 is 0. The molecule has 0 saturated carbocycles. The zero-order valence-electron chi connectivity index (χ0n) is 23.2. The second-order valence-corrected chi connectivity index (χ2v) is 10.3. The Hall–Kier alpha value is -3.50. The fourth-order valence-electron chi connectivity index (χ4n) is 5.20. The Kier molecular flexibility index (Phi) is 8.87. The SMILES string of the molecule is C=N/C(=C\C=C(/C)C(O)C1CCN(CC)CC1)Nc1ncc(F)c(-c2cc(F)c3nc(C)n(C(C)C)c3c2)n1. The lowest BCUT2D eigenvalue weighted by Gasteiger charge is -2.33. The molecule has 1 aliphatic rings. The number of aliphatic imine (C=N–C) groups is 1. The Labute approximate surface area is 228 Å². The molecule has 2 N–H and O–H groups in total. The third kappa shape index (κ3) is 6.23. The van der Waals surface area contributed by atoms with E-state index < -0.39 is 17.7 Å². The molecule has 3 aromatic rings. The number of nitrogens with one attached hydrogen (secondary N) is 1. The van der Waals surface area contributed by atoms with Crippen molar-refractivity contribution in [2.45, 2.75) is 59.6 Å². The van der Waals surface area contributed by atoms with Crippen LogP contribution in [0.15, 0.2) is 46.9 Å². The Balaban J connectivity index is 1.57. The molecule has 39 heavy (non-hydrogen) atoms. The molecule has 8 nitrogen and oxygen atoms in total. The van der Waals surface area contributed by atoms with Gasteiger partial charge in [0, 0.05) is 11.6 Å². The molecule has 1 aromatic carbocycles. The minimum Gasteiger partial charge on any atom is -0.388 e. The van der Waals surface area contributed by atoms with Gasteiger partial charge in [-0.25, -0.2) is 28.7 Å². The van der Waals surface area contributed by atoms with Gasteiger partial charge in [0.1, 0.15) is 22.9 Å². The molecule has 1 saturated heterocycles. The summed E-state index contributed by atoms with van der Waals surface area (Å²) in [5.41, 5.74) is 1.84. The van der Waals surface area contributed by atoms with Crippen molar-refractivity contribution < 1.29 is 13.9 Å². The van der Waals surface area contributed by atoms with Gasteiger partial charge < -0.3 is 19.9 Å². The molecule has 0 radical (unpaired) electrons. The van der Waals surface area contributed by atoms with Gasteiger partial charge in [0.05, 0.1) is 17.8 Å². The lowest BCUT2D eigenvalue weighted by Crippen LogP contribution is -2.37. The van der Waals surface area contributed by atoms with Crippen LogP contribution in [0, 0.1) is 24.5 Å². The van der Waals surface area contributed by atoms with Gasteiger partial charge >= 0.3 is 0 Å². The molecule has 2 aromatic heterocycles. The molecule has 0 amide bonds. The van der Waals surface area contributed by atoms with E-state index in [2.05, 4.69) is 43.8 Å². The quantitative estimate of drug-likeness (QED) is 0.271. The van der Waals surface area contributed by atoms with Gasteiger partial charge in [0.25, 0.3) is 0 Å². The molecular formula is C29H37F2N7O. The average molecular weight is 538 g/mol. The first-order valence-corrected chi connectivity index (χ1v) is 13.4. The summed E-state index contributed by atoms with van der Waals surface area (Å²) in [5.74, 6) is 0.0603. The van der Waals surface area contributed by atoms with Crippen LogP contribution in [0.3, 0.4) is 0 Å². The summed E-state index contributed by atoms with van der Waals surface area (Å²) in [6, 6.07) is 2.96. The molecule has 208 valence electrons. The maximum Gasteiger partial charge on any atom is 0.229 e. The number of aliphatic hydroxyl groups is 1. The van der Waals surface area contributed by atoms with Crippen LogP contribution in [0.5, 0.6) is 0 Å². The monoisotopic (exact) mass is 537 g/mol. The van der Waals surface area contributed by atoms with Crippen LogP contribution < -0.4 is 5.32 Å². The van der Waals surface area contributed by atoms with Crippen molar-refractivity contribution >= 4 is 23.7 Å². The van der Waals surface area contributed by atoms with Gasteiger partial charge in [-0.05, 0) is 96.6 Å². The minimum atomic E-state index is -0.684. The van der Waals surface area contributed by atoms with Crippen LogP contribution >= 0.6 is 0 Å². The Bertz CT molecular complexity index is 1400. The minimum absolute atomic E-state index is 0.0441. The van der Waals surface area contributed by atoms with Gasteiger partial charge in [0.15, 0.2) is 11.6 Å². The lowest BCUT2D eigenvalue weighted by molar-refractivity contribution is 0.0845. The number of hydrogen-bond acceptors (Lipinski definition) is 7. The topological polar surface area (TPSA) is 91.5 Å². The first kappa shape index (κ1) is 28.5. The van der Waals surface area contributed by atoms with E-state index in [1.165, 1.54) is 6.07 Å². The van der Waals surface area contributed by atoms with Gasteiger partial charge in [-0.1, -0.05) is 13.0 Å². The lowest BCUT2D eigenvalue weighted by atomic mass is 9.87. The number of hydrogen-bond donors (Lipinski definition) is 2. The highest BCUT2D eigenvalue weighted by molar-refractivity contribution is 5.83. The first-order valence-electron chi connectivity index (χ1n) is 13.4. The molecule has 0 bridgehead atoms. The van der Waals surface area contributed by atoms with Crippen LogP contribution in [0.25, 0.3) is 22.3 Å². The van der Waals surface area contributed by atoms with Crippen molar-refractivity contribution in [2.75, 3.05) is 25.0 Å². The van der Waals surface area contributed by atoms with E-state index in [4.69, 9.17) is 0 Å². The van der Waals surface area contributed by atoms with Crippen molar-refractivity contribution in [3.8, 4) is 11.3 Å². The van der Waals surface area contributed by atoms with Crippen LogP contribution in [0.4, 0.5) is 14.7 Å². The van der Waals surface area contributed by atoms with Crippen LogP contribution in [-0.4, -0.2) is 62.0 Å². The number of anilines is 1. The maximum atomic E-state index is 15.0. The van der Waals surface area contributed by atoms with Gasteiger partial charge in [-0.15, -0.1) is 0 Å². The third-order valence-electron chi connectivity index (χ3n) is 7.37. The summed E-state index contributed by atoms with van der Waals surface area (Å²) in [7, 11) is 0. The number of allylic oxidation sites excluding steroid dienone is 2. The van der Waals surface area contributed by atoms with E-state index in [9.17, 15) is 13.9 Å². The van der Waals surface area contributed by atoms with E-state index in [0.717, 1.165) is 44.2 Å². The number of piperidine rings is 1. The van der Waals surface area contributed by atoms with Gasteiger partial charge in [-0.2, -0.15) is 0 Å². The van der Waals surface area contributed by atoms with Crippen molar-refractivity contribution in [1.82, 2.24) is 24.4 Å². The molecular weight excluding hydrogens is 500 g/mol. The predicted octanol–water partition coefficient (Wildman–Crippen LogP) is 5.65. The summed E-state index contributed by atoms with van der Waals surface area (Å²) in [4.78, 5) is 19.0. The van der Waals surface area contributed by atoms with Crippen molar-refractivity contribution in [3.63, 3.8) is 0 Å². The fraction of sp³-hybridized carbons (Fsp3) is 0.448. The van der Waals surface area contributed by atoms with Crippen LogP contribution in [0.1, 0.15) is 52.4 Å². The molecule has 1 atom stereocenters. The summed E-state index contributed by atoms with van der Waals surface area (Å²) in [6.45, 7) is 16.4. The number of benzene rings is 1. The van der Waals surface area contributed by atoms with Crippen LogP contribution in [0.2, 0.25) is 0 Å². The highest BCUT2D eigenvalue weighted by atomic mass is 19.1. The highest BCUT2D eigenvalue weighted by Crippen LogP contribution is 2.30. The molecule has 4 rings (SSSR count). The number of nitrogens with zero attached hydrogens (tertiary/aromatic N) is 6. The number of aliphatic hydroxyl groups excluding tert-OH is 1. The second-order valence-electron chi connectivity index (χ2n) is 10.3. The van der Waals surface area contributed by atoms with E-state index in [1.807, 2.05) is 32.3 Å². The second kappa shape index (κ2) is 12.1. The Morgan fingerprint density at radius 2 is 1.92 bits per heavy atom. The zero-order valence-corrected chi connectivity index (χ0v) is 23.2. The van der Waals surface area contributed by atoms with Crippen LogP contribution in [-0.2, 0) is 0 Å². The Morgan fingerprint density at radius 3 is 2.56 bits per heavy atom. The molecule has 0 spiro atoms. The number of halogens is 2. The summed E-state index contributed by atoms with van der Waals surface area (Å²) in [5, 5.41) is 13.8. The zero-order chi connectivity index (χ0) is 28.3. The normalized spacial score (nSPS) is 16.7. The molecule has 3 heterocycles. The highest BCUT2D eigenvalue weighted by Gasteiger charge is 2.25. The number of aromatic nitrogens is 4. The molecule has 10 heteroatoms. The van der Waals surface area contributed by atoms with E-state index in [1.54, 1.807) is 18.2 Å². The molecule has 1 fully saturated rings. The van der Waals surface area contributed by atoms with E-state index in [-0.39, 0.29) is 34.7 Å². The summed E-state index contributed by atoms with van der Waals surface area (Å²) in [6.07, 6.45) is 5.85. The van der Waals surface area contributed by atoms with E-state index in [0.29, 0.717) is 17.2 Å². The standard InChI is InChI=1S/C29H37F2N7O/c1-7-37-12-10-20(11-13-37)28(39)18(4)8-9-25(32-6)35-29-33-16-23(31)26(36-29)21-14-22(30)27-24(15-21)38(17(2)3)19(5)34-27/h8-9,14-17,20,28,39H,6-7,10-13H2,1-5H3,(H,33,35,36)/b18-8+,25-9+. The molecule has 1 aliphatic heterocycles. The fourth-order valence-corrected chi connectivity index (χ4v) is 5.20. The van der Waals surface area contributed by atoms with E-state index >= 15 is 0 Å². The number of fused-ring (bicyclic) bond motifs is 1. The number of likely N-dealkylation sites (tertiary alicyclic amines) is 1. The number of aryl methyl sites for hydroxylation is 1. The van der Waals surface area contributed by atoms with Gasteiger partial charge in [-0.3, -0.25) is 0 Å². The average Bonchev–Trinajstić information content (AvgIpc) is 3.27. The largest absolute Gasteiger partial charge is 0.388 e. The summed E-state index contributed by atoms with van der Waals surface area (Å²) < 4.78 is 31.7.